The lowest BCUT2D eigenvalue weighted by atomic mass is 10.1. The van der Waals surface area contributed by atoms with E-state index in [9.17, 15) is 18.0 Å². The zero-order chi connectivity index (χ0) is 11.2. The highest BCUT2D eigenvalue weighted by molar-refractivity contribution is 5.43. The SMILES string of the molecule is Cc1c(C(F)(F)F)cc2ncon2c1=O. The van der Waals surface area contributed by atoms with E-state index in [0.29, 0.717) is 4.57 Å². The molecule has 0 saturated heterocycles. The Balaban J connectivity index is 2.88. The molecule has 0 N–H and O–H groups in total. The number of aromatic nitrogens is 2. The Morgan fingerprint density at radius 2 is 2.13 bits per heavy atom. The van der Waals surface area contributed by atoms with Crippen LogP contribution in [0.15, 0.2) is 21.8 Å². The van der Waals surface area contributed by atoms with Crippen LogP contribution < -0.4 is 5.56 Å². The van der Waals surface area contributed by atoms with Gasteiger partial charge in [-0.05, 0) is 13.0 Å². The van der Waals surface area contributed by atoms with E-state index in [0.717, 1.165) is 19.4 Å². The van der Waals surface area contributed by atoms with Gasteiger partial charge in [0.15, 0.2) is 5.65 Å². The molecule has 0 amide bonds. The van der Waals surface area contributed by atoms with Crippen molar-refractivity contribution in [1.29, 1.82) is 0 Å². The van der Waals surface area contributed by atoms with Crippen LogP contribution >= 0.6 is 0 Å². The minimum absolute atomic E-state index is 0.155. The Hall–Kier alpha value is -1.79. The number of alkyl halides is 3. The van der Waals surface area contributed by atoms with Crippen molar-refractivity contribution in [2.75, 3.05) is 0 Å². The molecule has 0 saturated carbocycles. The van der Waals surface area contributed by atoms with Gasteiger partial charge in [0, 0.05) is 5.56 Å². The first-order valence-electron chi connectivity index (χ1n) is 3.95. The molecule has 0 atom stereocenters. The molecule has 2 rings (SSSR count). The third-order valence-corrected chi connectivity index (χ3v) is 2.03. The summed E-state index contributed by atoms with van der Waals surface area (Å²) < 4.78 is 42.7. The molecule has 4 nitrogen and oxygen atoms in total. The molecule has 15 heavy (non-hydrogen) atoms. The van der Waals surface area contributed by atoms with Crippen molar-refractivity contribution in [3.05, 3.63) is 33.9 Å². The molecular weight excluding hydrogens is 213 g/mol. The van der Waals surface area contributed by atoms with Crippen LogP contribution in [0.25, 0.3) is 5.65 Å². The fourth-order valence-electron chi connectivity index (χ4n) is 1.28. The van der Waals surface area contributed by atoms with Crippen molar-refractivity contribution >= 4 is 5.65 Å². The van der Waals surface area contributed by atoms with Crippen LogP contribution in [-0.2, 0) is 6.18 Å². The predicted octanol–water partition coefficient (Wildman–Crippen LogP) is 1.61. The summed E-state index contributed by atoms with van der Waals surface area (Å²) in [5, 5.41) is 0. The summed E-state index contributed by atoms with van der Waals surface area (Å²) >= 11 is 0. The van der Waals surface area contributed by atoms with E-state index in [-0.39, 0.29) is 5.65 Å². The van der Waals surface area contributed by atoms with E-state index in [1.54, 1.807) is 0 Å². The van der Waals surface area contributed by atoms with Crippen molar-refractivity contribution < 1.29 is 17.7 Å². The highest BCUT2D eigenvalue weighted by Crippen LogP contribution is 2.30. The second-order valence-corrected chi connectivity index (χ2v) is 2.98. The van der Waals surface area contributed by atoms with Crippen LogP contribution in [0, 0.1) is 6.92 Å². The minimum Gasteiger partial charge on any atom is -0.358 e. The smallest absolute Gasteiger partial charge is 0.358 e. The first kappa shape index (κ1) is 9.75. The van der Waals surface area contributed by atoms with E-state index < -0.39 is 22.9 Å². The zero-order valence-electron chi connectivity index (χ0n) is 7.50. The number of hydrogen-bond acceptors (Lipinski definition) is 3. The maximum Gasteiger partial charge on any atom is 0.417 e. The number of nitrogens with zero attached hydrogens (tertiary/aromatic N) is 2. The topological polar surface area (TPSA) is 47.5 Å². The van der Waals surface area contributed by atoms with Crippen molar-refractivity contribution in [3.8, 4) is 0 Å². The summed E-state index contributed by atoms with van der Waals surface area (Å²) in [4.78, 5) is 14.9. The minimum atomic E-state index is -4.56. The average Bonchev–Trinajstić information content (AvgIpc) is 2.57. The van der Waals surface area contributed by atoms with E-state index in [4.69, 9.17) is 0 Å². The van der Waals surface area contributed by atoms with Crippen LogP contribution in [0.4, 0.5) is 13.2 Å². The van der Waals surface area contributed by atoms with Gasteiger partial charge < -0.3 is 4.52 Å². The van der Waals surface area contributed by atoms with Crippen LogP contribution in [0.3, 0.4) is 0 Å². The molecule has 7 heteroatoms. The Bertz CT molecular complexity index is 567. The summed E-state index contributed by atoms with van der Waals surface area (Å²) in [6.45, 7) is 1.10. The Kier molecular flexibility index (Phi) is 1.85. The molecule has 0 aliphatic heterocycles. The molecule has 0 aromatic carbocycles. The third-order valence-electron chi connectivity index (χ3n) is 2.03. The third kappa shape index (κ3) is 1.39. The average molecular weight is 218 g/mol. The summed E-state index contributed by atoms with van der Waals surface area (Å²) in [5.41, 5.74) is -2.39. The van der Waals surface area contributed by atoms with Crippen molar-refractivity contribution in [2.24, 2.45) is 0 Å². The van der Waals surface area contributed by atoms with Gasteiger partial charge in [0.1, 0.15) is 0 Å². The fraction of sp³-hybridized carbons (Fsp3) is 0.250. The zero-order valence-corrected chi connectivity index (χ0v) is 7.50. The van der Waals surface area contributed by atoms with Gasteiger partial charge in [0.05, 0.1) is 5.56 Å². The number of pyridine rings is 1. The summed E-state index contributed by atoms with van der Waals surface area (Å²) in [6, 6.07) is 0.778. The molecule has 0 radical (unpaired) electrons. The van der Waals surface area contributed by atoms with Crippen LogP contribution in [0.5, 0.6) is 0 Å². The normalized spacial score (nSPS) is 12.3. The summed E-state index contributed by atoms with van der Waals surface area (Å²) in [7, 11) is 0. The van der Waals surface area contributed by atoms with Crippen molar-refractivity contribution in [3.63, 3.8) is 0 Å². The molecule has 2 aromatic rings. The monoisotopic (exact) mass is 218 g/mol. The molecule has 2 aromatic heterocycles. The molecule has 0 unspecified atom stereocenters. The van der Waals surface area contributed by atoms with Gasteiger partial charge in [-0.25, -0.2) is 0 Å². The largest absolute Gasteiger partial charge is 0.417 e. The molecule has 0 aliphatic rings. The van der Waals surface area contributed by atoms with E-state index in [1.807, 2.05) is 0 Å². The first-order valence-corrected chi connectivity index (χ1v) is 3.95. The highest BCUT2D eigenvalue weighted by Gasteiger charge is 2.34. The highest BCUT2D eigenvalue weighted by atomic mass is 19.4. The molecule has 0 fully saturated rings. The van der Waals surface area contributed by atoms with Gasteiger partial charge in [-0.15, -0.1) is 4.57 Å². The van der Waals surface area contributed by atoms with Gasteiger partial charge in [-0.2, -0.15) is 18.2 Å². The molecule has 0 spiro atoms. The van der Waals surface area contributed by atoms with Gasteiger partial charge in [0.25, 0.3) is 5.56 Å². The molecule has 80 valence electrons. The van der Waals surface area contributed by atoms with Gasteiger partial charge in [-0.1, -0.05) is 0 Å². The molecule has 2 heterocycles. The maximum atomic E-state index is 12.5. The Labute approximate surface area is 80.9 Å². The lowest BCUT2D eigenvalue weighted by Crippen LogP contribution is -2.21. The Morgan fingerprint density at radius 1 is 1.47 bits per heavy atom. The standard InChI is InChI=1S/C8H5F3N2O2/c1-4-5(8(9,10)11)2-6-12-3-15-13(6)7(4)14/h2-3H,1H3. The number of halogens is 3. The van der Waals surface area contributed by atoms with Crippen molar-refractivity contribution in [2.45, 2.75) is 13.1 Å². The quantitative estimate of drug-likeness (QED) is 0.674. The van der Waals surface area contributed by atoms with Crippen LogP contribution in [-0.4, -0.2) is 9.56 Å². The first-order chi connectivity index (χ1) is 6.91. The predicted molar refractivity (Wildman–Crippen MR) is 43.5 cm³/mol. The lowest BCUT2D eigenvalue weighted by Gasteiger charge is -2.08. The maximum absolute atomic E-state index is 12.5. The summed E-state index contributed by atoms with van der Waals surface area (Å²) in [6.07, 6.45) is -3.65. The van der Waals surface area contributed by atoms with Crippen LogP contribution in [0.2, 0.25) is 0 Å². The van der Waals surface area contributed by atoms with E-state index in [2.05, 4.69) is 9.51 Å². The second kappa shape index (κ2) is 2.85. The van der Waals surface area contributed by atoms with Crippen LogP contribution in [0.1, 0.15) is 11.1 Å². The van der Waals surface area contributed by atoms with E-state index in [1.165, 1.54) is 0 Å². The van der Waals surface area contributed by atoms with Crippen molar-refractivity contribution in [1.82, 2.24) is 9.56 Å². The molecule has 0 aliphatic carbocycles. The van der Waals surface area contributed by atoms with Gasteiger partial charge >= 0.3 is 6.18 Å². The van der Waals surface area contributed by atoms with Gasteiger partial charge in [0.2, 0.25) is 6.39 Å². The van der Waals surface area contributed by atoms with E-state index >= 15 is 0 Å². The number of fused-ring (bicyclic) bond motifs is 1. The molecule has 0 bridgehead atoms. The second-order valence-electron chi connectivity index (χ2n) is 2.98. The fourth-order valence-corrected chi connectivity index (χ4v) is 1.28. The lowest BCUT2D eigenvalue weighted by molar-refractivity contribution is -0.138. The molecular formula is C8H5F3N2O2. The Morgan fingerprint density at radius 3 is 2.73 bits per heavy atom. The summed E-state index contributed by atoms with van der Waals surface area (Å²) in [5.74, 6) is 0. The van der Waals surface area contributed by atoms with Gasteiger partial charge in [-0.3, -0.25) is 4.79 Å². The number of hydrogen-bond donors (Lipinski definition) is 0. The number of rotatable bonds is 0.